The van der Waals surface area contributed by atoms with Crippen molar-refractivity contribution in [1.82, 2.24) is 19.5 Å². The molecule has 1 aliphatic heterocycles. The van der Waals surface area contributed by atoms with Gasteiger partial charge in [0.2, 0.25) is 0 Å². The highest BCUT2D eigenvalue weighted by Crippen LogP contribution is 2.50. The number of aromatic nitrogens is 4. The highest BCUT2D eigenvalue weighted by molar-refractivity contribution is 6.10. The molecule has 0 radical (unpaired) electrons. The number of hydrogen-bond donors (Lipinski definition) is 0. The van der Waals surface area contributed by atoms with Crippen LogP contribution >= 0.6 is 0 Å². The van der Waals surface area contributed by atoms with E-state index in [0.717, 1.165) is 50.0 Å². The summed E-state index contributed by atoms with van der Waals surface area (Å²) in [6, 6.07) is 46.9. The fraction of sp³-hybridized carbons (Fsp3) is 0.120. The van der Waals surface area contributed by atoms with E-state index in [9.17, 15) is 5.26 Å². The van der Waals surface area contributed by atoms with Crippen LogP contribution < -0.4 is 4.90 Å². The van der Waals surface area contributed by atoms with E-state index in [0.29, 0.717) is 28.6 Å². The molecule has 2 unspecified atom stereocenters. The van der Waals surface area contributed by atoms with Gasteiger partial charge in [0.25, 0.3) is 0 Å². The third-order valence-corrected chi connectivity index (χ3v) is 11.2. The summed E-state index contributed by atoms with van der Waals surface area (Å²) >= 11 is 0. The van der Waals surface area contributed by atoms with Crippen LogP contribution in [-0.2, 0) is 0 Å². The summed E-state index contributed by atoms with van der Waals surface area (Å²) in [5.41, 5.74) is 14.0. The second kappa shape index (κ2) is 13.0. The lowest BCUT2D eigenvalue weighted by molar-refractivity contribution is 0.738. The number of rotatable bonds is 5. The van der Waals surface area contributed by atoms with Gasteiger partial charge < -0.3 is 9.47 Å². The first-order valence-corrected chi connectivity index (χ1v) is 19.1. The predicted octanol–water partition coefficient (Wildman–Crippen LogP) is 11.9. The lowest BCUT2D eigenvalue weighted by Gasteiger charge is -2.30. The van der Waals surface area contributed by atoms with Crippen molar-refractivity contribution in [3.05, 3.63) is 179 Å². The van der Waals surface area contributed by atoms with Gasteiger partial charge in [-0.3, -0.25) is 0 Å². The SMILES string of the molecule is CC1=CC2c3cc(C)ccc3N(c3cc(C#N)c(-c4nc(-c5ccccc5)nc(-c5ccccc5)n4)c(-n4c5ccc(C)cc5c5cc(C)ccc54)c3)C2C=C1. The Balaban J connectivity index is 1.32. The third kappa shape index (κ3) is 5.43. The van der Waals surface area contributed by atoms with E-state index in [1.807, 2.05) is 66.7 Å². The van der Waals surface area contributed by atoms with Crippen molar-refractivity contribution in [2.24, 2.45) is 0 Å². The Hall–Kier alpha value is -7.10. The topological polar surface area (TPSA) is 70.6 Å². The Morgan fingerprint density at radius 3 is 1.77 bits per heavy atom. The van der Waals surface area contributed by atoms with Crippen molar-refractivity contribution in [1.29, 1.82) is 5.26 Å². The van der Waals surface area contributed by atoms with Crippen molar-refractivity contribution in [2.75, 3.05) is 4.90 Å². The van der Waals surface area contributed by atoms with Crippen molar-refractivity contribution >= 4 is 33.2 Å². The van der Waals surface area contributed by atoms with E-state index in [1.165, 1.54) is 27.8 Å². The van der Waals surface area contributed by atoms with Crippen LogP contribution in [0.5, 0.6) is 0 Å². The Labute approximate surface area is 326 Å². The van der Waals surface area contributed by atoms with Crippen molar-refractivity contribution in [3.8, 4) is 45.9 Å². The molecule has 2 atom stereocenters. The van der Waals surface area contributed by atoms with Crippen LogP contribution in [0.3, 0.4) is 0 Å². The Morgan fingerprint density at radius 1 is 0.589 bits per heavy atom. The number of allylic oxidation sites excluding steroid dienone is 2. The standard InChI is InChI=1S/C50H38N6/c1-30-15-19-42-38(23-30)39-24-31(2)16-20-43(39)55(42)37-27-36(29-51)47(46(28-37)56-44-21-17-32(3)25-40(44)41-26-33(4)18-22-45(41)56)50-53-48(34-11-7-5-8-12-34)52-49(54-50)35-13-9-6-10-14-35/h5-28,38,42H,1-4H3. The normalized spacial score (nSPS) is 15.8. The number of anilines is 2. The Bertz CT molecular complexity index is 2870. The molecule has 3 heterocycles. The van der Waals surface area contributed by atoms with Crippen LogP contribution in [0.1, 0.15) is 40.7 Å². The van der Waals surface area contributed by atoms with E-state index in [-0.39, 0.29) is 12.0 Å². The summed E-state index contributed by atoms with van der Waals surface area (Å²) in [6.45, 7) is 8.59. The smallest absolute Gasteiger partial charge is 0.167 e. The van der Waals surface area contributed by atoms with Crippen molar-refractivity contribution in [3.63, 3.8) is 0 Å². The molecule has 0 bridgehead atoms. The number of benzene rings is 6. The van der Waals surface area contributed by atoms with Crippen LogP contribution in [-0.4, -0.2) is 25.6 Å². The van der Waals surface area contributed by atoms with E-state index in [4.69, 9.17) is 15.0 Å². The number of hydrogen-bond acceptors (Lipinski definition) is 5. The van der Waals surface area contributed by atoms with Gasteiger partial charge in [0, 0.05) is 39.2 Å². The summed E-state index contributed by atoms with van der Waals surface area (Å²) in [6.07, 6.45) is 6.90. The van der Waals surface area contributed by atoms with Gasteiger partial charge in [0.15, 0.2) is 17.5 Å². The minimum atomic E-state index is 0.0516. The first-order chi connectivity index (χ1) is 27.3. The number of nitrogens with zero attached hydrogens (tertiary/aromatic N) is 6. The van der Waals surface area contributed by atoms with Crippen molar-refractivity contribution in [2.45, 2.75) is 39.7 Å². The van der Waals surface area contributed by atoms with Crippen LogP contribution in [0.4, 0.5) is 11.4 Å². The highest BCUT2D eigenvalue weighted by Gasteiger charge is 2.39. The summed E-state index contributed by atoms with van der Waals surface area (Å²) in [7, 11) is 0. The fourth-order valence-corrected chi connectivity index (χ4v) is 8.64. The molecule has 0 spiro atoms. The van der Waals surface area contributed by atoms with Crippen LogP contribution in [0.2, 0.25) is 0 Å². The molecule has 0 amide bonds. The van der Waals surface area contributed by atoms with Gasteiger partial charge in [-0.2, -0.15) is 5.26 Å². The number of nitriles is 1. The minimum Gasteiger partial charge on any atom is -0.333 e. The summed E-state index contributed by atoms with van der Waals surface area (Å²) in [5.74, 6) is 1.72. The van der Waals surface area contributed by atoms with E-state index in [2.05, 4.69) is 122 Å². The van der Waals surface area contributed by atoms with Gasteiger partial charge in [-0.15, -0.1) is 0 Å². The molecule has 6 heteroatoms. The molecule has 6 aromatic carbocycles. The molecule has 0 N–H and O–H groups in total. The summed E-state index contributed by atoms with van der Waals surface area (Å²) in [4.78, 5) is 17.8. The maximum absolute atomic E-state index is 11.3. The molecular formula is C50H38N6. The molecule has 56 heavy (non-hydrogen) atoms. The summed E-state index contributed by atoms with van der Waals surface area (Å²) < 4.78 is 2.31. The van der Waals surface area contributed by atoms with Gasteiger partial charge in [-0.1, -0.05) is 125 Å². The Morgan fingerprint density at radius 2 is 1.16 bits per heavy atom. The number of fused-ring (bicyclic) bond motifs is 6. The first-order valence-electron chi connectivity index (χ1n) is 19.1. The molecule has 0 saturated heterocycles. The van der Waals surface area contributed by atoms with Crippen LogP contribution in [0.25, 0.3) is 61.7 Å². The van der Waals surface area contributed by atoms with E-state index < -0.39 is 0 Å². The highest BCUT2D eigenvalue weighted by atomic mass is 15.2. The monoisotopic (exact) mass is 722 g/mol. The van der Waals surface area contributed by atoms with E-state index >= 15 is 0 Å². The zero-order valence-electron chi connectivity index (χ0n) is 31.7. The summed E-state index contributed by atoms with van der Waals surface area (Å²) in [5, 5.41) is 13.6. The second-order valence-electron chi connectivity index (χ2n) is 15.1. The van der Waals surface area contributed by atoms with Crippen LogP contribution in [0.15, 0.2) is 151 Å². The molecule has 0 saturated carbocycles. The maximum Gasteiger partial charge on any atom is 0.167 e. The molecule has 2 aliphatic rings. The molecule has 2 aromatic heterocycles. The molecule has 10 rings (SSSR count). The third-order valence-electron chi connectivity index (χ3n) is 11.2. The van der Waals surface area contributed by atoms with Crippen LogP contribution in [0, 0.1) is 32.1 Å². The lowest BCUT2D eigenvalue weighted by Crippen LogP contribution is -2.29. The minimum absolute atomic E-state index is 0.0516. The Kier molecular flexibility index (Phi) is 7.79. The number of aryl methyl sites for hydroxylation is 3. The predicted molar refractivity (Wildman–Crippen MR) is 227 cm³/mol. The average Bonchev–Trinajstić information content (AvgIpc) is 3.71. The molecule has 1 aliphatic carbocycles. The fourth-order valence-electron chi connectivity index (χ4n) is 8.64. The largest absolute Gasteiger partial charge is 0.333 e. The average molecular weight is 723 g/mol. The van der Waals surface area contributed by atoms with Gasteiger partial charge >= 0.3 is 0 Å². The zero-order chi connectivity index (χ0) is 38.1. The van der Waals surface area contributed by atoms with E-state index in [1.54, 1.807) is 0 Å². The zero-order valence-corrected chi connectivity index (χ0v) is 31.7. The maximum atomic E-state index is 11.3. The van der Waals surface area contributed by atoms with Gasteiger partial charge in [-0.05, 0) is 75.7 Å². The van der Waals surface area contributed by atoms with Crippen molar-refractivity contribution < 1.29 is 0 Å². The molecule has 8 aromatic rings. The first kappa shape index (κ1) is 33.5. The molecule has 268 valence electrons. The molecular weight excluding hydrogens is 685 g/mol. The molecule has 6 nitrogen and oxygen atoms in total. The second-order valence-corrected chi connectivity index (χ2v) is 15.1. The lowest BCUT2D eigenvalue weighted by atomic mass is 9.88. The quantitative estimate of drug-likeness (QED) is 0.177. The van der Waals surface area contributed by atoms with Gasteiger partial charge in [-0.25, -0.2) is 15.0 Å². The molecule has 0 fully saturated rings. The van der Waals surface area contributed by atoms with Gasteiger partial charge in [0.05, 0.1) is 33.9 Å². The van der Waals surface area contributed by atoms with Gasteiger partial charge in [0.1, 0.15) is 6.07 Å².